The van der Waals surface area contributed by atoms with Gasteiger partial charge < -0.3 is 5.32 Å². The Hall–Kier alpha value is -2.89. The van der Waals surface area contributed by atoms with Crippen molar-refractivity contribution < 1.29 is 4.79 Å². The number of carbonyl (C=O) groups is 1. The molecule has 3 heterocycles. The van der Waals surface area contributed by atoms with Gasteiger partial charge in [-0.1, -0.05) is 6.07 Å². The van der Waals surface area contributed by atoms with Crippen molar-refractivity contribution in [3.8, 4) is 11.3 Å². The second kappa shape index (κ2) is 5.83. The molecule has 2 aliphatic rings. The first-order valence-corrected chi connectivity index (χ1v) is 9.26. The monoisotopic (exact) mass is 347 g/mol. The van der Waals surface area contributed by atoms with Gasteiger partial charge in [-0.3, -0.25) is 9.58 Å². The van der Waals surface area contributed by atoms with E-state index in [1.54, 1.807) is 4.90 Å². The van der Waals surface area contributed by atoms with Gasteiger partial charge in [0.05, 0.1) is 17.4 Å². The lowest BCUT2D eigenvalue weighted by molar-refractivity contribution is 0.252. The van der Waals surface area contributed by atoms with Gasteiger partial charge in [-0.2, -0.15) is 5.10 Å². The number of aryl methyl sites for hydroxylation is 1. The zero-order valence-corrected chi connectivity index (χ0v) is 14.8. The first kappa shape index (κ1) is 15.4. The smallest absolute Gasteiger partial charge is 0.321 e. The molecule has 26 heavy (non-hydrogen) atoms. The minimum absolute atomic E-state index is 0.0351. The molecule has 132 valence electrons. The standard InChI is InChI=1S/C20H21N5O/c1-2-24-12-14(11-22-24)18-10-17(13-3-4-13)16-6-5-15(9-19(16)23-18)25-8-7-21-20(25)26/h5-6,9-13H,2-4,7-8H2,1H3,(H,21,26). The maximum atomic E-state index is 12.0. The predicted molar refractivity (Wildman–Crippen MR) is 101 cm³/mol. The third kappa shape index (κ3) is 2.53. The third-order valence-corrected chi connectivity index (χ3v) is 5.26. The summed E-state index contributed by atoms with van der Waals surface area (Å²) in [7, 11) is 0. The minimum atomic E-state index is -0.0351. The van der Waals surface area contributed by atoms with E-state index in [9.17, 15) is 4.79 Å². The highest BCUT2D eigenvalue weighted by molar-refractivity contribution is 5.97. The number of fused-ring (bicyclic) bond motifs is 1. The molecule has 6 nitrogen and oxygen atoms in total. The van der Waals surface area contributed by atoms with E-state index >= 15 is 0 Å². The summed E-state index contributed by atoms with van der Waals surface area (Å²) in [4.78, 5) is 18.7. The molecule has 0 bridgehead atoms. The second-order valence-electron chi connectivity index (χ2n) is 7.04. The van der Waals surface area contributed by atoms with Gasteiger partial charge in [0, 0.05) is 42.5 Å². The van der Waals surface area contributed by atoms with Crippen LogP contribution in [-0.4, -0.2) is 33.9 Å². The van der Waals surface area contributed by atoms with Crippen molar-refractivity contribution in [2.75, 3.05) is 18.0 Å². The molecule has 0 spiro atoms. The largest absolute Gasteiger partial charge is 0.336 e. The number of urea groups is 1. The highest BCUT2D eigenvalue weighted by Crippen LogP contribution is 2.44. The van der Waals surface area contributed by atoms with Crippen LogP contribution in [-0.2, 0) is 6.54 Å². The van der Waals surface area contributed by atoms with Gasteiger partial charge in [0.25, 0.3) is 0 Å². The number of rotatable bonds is 4. The van der Waals surface area contributed by atoms with Crippen molar-refractivity contribution in [2.24, 2.45) is 0 Å². The van der Waals surface area contributed by atoms with Crippen LogP contribution in [0, 0.1) is 0 Å². The van der Waals surface area contributed by atoms with Crippen molar-refractivity contribution in [1.29, 1.82) is 0 Å². The number of anilines is 1. The summed E-state index contributed by atoms with van der Waals surface area (Å²) in [6.45, 7) is 4.31. The summed E-state index contributed by atoms with van der Waals surface area (Å²) in [5, 5.41) is 8.44. The fraction of sp³-hybridized carbons (Fsp3) is 0.350. The van der Waals surface area contributed by atoms with E-state index in [0.717, 1.165) is 29.0 Å². The molecule has 6 heteroatoms. The van der Waals surface area contributed by atoms with Crippen LogP contribution in [0.5, 0.6) is 0 Å². The molecule has 1 aliphatic carbocycles. The lowest BCUT2D eigenvalue weighted by Crippen LogP contribution is -2.27. The molecule has 1 saturated carbocycles. The molecule has 2 amide bonds. The molecule has 2 fully saturated rings. The first-order valence-electron chi connectivity index (χ1n) is 9.26. The summed E-state index contributed by atoms with van der Waals surface area (Å²) in [5.41, 5.74) is 5.22. The van der Waals surface area contributed by atoms with Crippen LogP contribution in [0.1, 0.15) is 31.2 Å². The molecule has 1 aliphatic heterocycles. The van der Waals surface area contributed by atoms with E-state index in [4.69, 9.17) is 4.98 Å². The Morgan fingerprint density at radius 3 is 2.85 bits per heavy atom. The van der Waals surface area contributed by atoms with Crippen LogP contribution >= 0.6 is 0 Å². The van der Waals surface area contributed by atoms with E-state index in [1.165, 1.54) is 23.8 Å². The lowest BCUT2D eigenvalue weighted by atomic mass is 10.0. The van der Waals surface area contributed by atoms with Crippen molar-refractivity contribution >= 4 is 22.6 Å². The summed E-state index contributed by atoms with van der Waals surface area (Å²) in [6, 6.07) is 8.39. The highest BCUT2D eigenvalue weighted by Gasteiger charge is 2.27. The SMILES string of the molecule is CCn1cc(-c2cc(C3CC3)c3ccc(N4CCNC4=O)cc3n2)cn1. The Balaban J connectivity index is 1.65. The van der Waals surface area contributed by atoms with E-state index in [1.807, 2.05) is 29.2 Å². The quantitative estimate of drug-likeness (QED) is 0.785. The zero-order valence-electron chi connectivity index (χ0n) is 14.8. The number of benzene rings is 1. The van der Waals surface area contributed by atoms with E-state index in [0.29, 0.717) is 19.0 Å². The van der Waals surface area contributed by atoms with Gasteiger partial charge in [0.15, 0.2) is 0 Å². The fourth-order valence-electron chi connectivity index (χ4n) is 3.68. The number of carbonyl (C=O) groups excluding carboxylic acids is 1. The topological polar surface area (TPSA) is 63.0 Å². The average molecular weight is 347 g/mol. The minimum Gasteiger partial charge on any atom is -0.336 e. The zero-order chi connectivity index (χ0) is 17.7. The number of nitrogens with one attached hydrogen (secondary N) is 1. The molecular weight excluding hydrogens is 326 g/mol. The molecular formula is C20H21N5O. The Labute approximate surface area is 151 Å². The fourth-order valence-corrected chi connectivity index (χ4v) is 3.68. The molecule has 3 aromatic rings. The number of amides is 2. The maximum absolute atomic E-state index is 12.0. The normalized spacial score (nSPS) is 17.1. The van der Waals surface area contributed by atoms with Crippen LogP contribution in [0.15, 0.2) is 36.7 Å². The number of pyridine rings is 1. The summed E-state index contributed by atoms with van der Waals surface area (Å²) in [5.74, 6) is 0.626. The van der Waals surface area contributed by atoms with Crippen molar-refractivity contribution in [3.63, 3.8) is 0 Å². The number of aromatic nitrogens is 3. The predicted octanol–water partition coefficient (Wildman–Crippen LogP) is 3.53. The molecule has 0 unspecified atom stereocenters. The molecule has 5 rings (SSSR count). The van der Waals surface area contributed by atoms with Gasteiger partial charge in [0.1, 0.15) is 0 Å². The van der Waals surface area contributed by atoms with Crippen LogP contribution in [0.3, 0.4) is 0 Å². The Morgan fingerprint density at radius 2 is 2.15 bits per heavy atom. The van der Waals surface area contributed by atoms with Gasteiger partial charge in [-0.05, 0) is 49.4 Å². The maximum Gasteiger partial charge on any atom is 0.321 e. The Morgan fingerprint density at radius 1 is 1.27 bits per heavy atom. The second-order valence-corrected chi connectivity index (χ2v) is 7.04. The van der Waals surface area contributed by atoms with Crippen LogP contribution in [0.4, 0.5) is 10.5 Å². The van der Waals surface area contributed by atoms with E-state index in [2.05, 4.69) is 29.5 Å². The molecule has 2 aromatic heterocycles. The highest BCUT2D eigenvalue weighted by atomic mass is 16.2. The van der Waals surface area contributed by atoms with Crippen molar-refractivity contribution in [1.82, 2.24) is 20.1 Å². The Bertz CT molecular complexity index is 1000. The molecule has 1 N–H and O–H groups in total. The number of hydrogen-bond donors (Lipinski definition) is 1. The van der Waals surface area contributed by atoms with Gasteiger partial charge in [-0.25, -0.2) is 9.78 Å². The Kier molecular flexibility index (Phi) is 3.45. The lowest BCUT2D eigenvalue weighted by Gasteiger charge is -2.16. The van der Waals surface area contributed by atoms with Gasteiger partial charge in [0.2, 0.25) is 0 Å². The summed E-state index contributed by atoms with van der Waals surface area (Å²) >= 11 is 0. The van der Waals surface area contributed by atoms with Crippen molar-refractivity contribution in [2.45, 2.75) is 32.2 Å². The summed E-state index contributed by atoms with van der Waals surface area (Å²) < 4.78 is 1.92. The molecule has 0 radical (unpaired) electrons. The average Bonchev–Trinajstić information content (AvgIpc) is 3.23. The van der Waals surface area contributed by atoms with Crippen LogP contribution in [0.25, 0.3) is 22.2 Å². The molecule has 0 atom stereocenters. The third-order valence-electron chi connectivity index (χ3n) is 5.26. The van der Waals surface area contributed by atoms with E-state index < -0.39 is 0 Å². The van der Waals surface area contributed by atoms with Crippen LogP contribution < -0.4 is 10.2 Å². The van der Waals surface area contributed by atoms with Gasteiger partial charge in [-0.15, -0.1) is 0 Å². The van der Waals surface area contributed by atoms with Crippen LogP contribution in [0.2, 0.25) is 0 Å². The summed E-state index contributed by atoms with van der Waals surface area (Å²) in [6.07, 6.45) is 6.40. The molecule has 1 aromatic carbocycles. The first-order chi connectivity index (χ1) is 12.7. The number of nitrogens with zero attached hydrogens (tertiary/aromatic N) is 4. The van der Waals surface area contributed by atoms with Gasteiger partial charge >= 0.3 is 6.03 Å². The molecule has 1 saturated heterocycles. The van der Waals surface area contributed by atoms with Crippen molar-refractivity contribution in [3.05, 3.63) is 42.2 Å². The number of hydrogen-bond acceptors (Lipinski definition) is 3. The van der Waals surface area contributed by atoms with E-state index in [-0.39, 0.29) is 6.03 Å².